The first-order valence-electron chi connectivity index (χ1n) is 0.617. The third-order valence-electron chi connectivity index (χ3n) is 0. The fourth-order valence-electron chi connectivity index (χ4n) is 0. The Labute approximate surface area is 43.5 Å². The van der Waals surface area contributed by atoms with Crippen molar-refractivity contribution < 1.29 is 36.7 Å². The van der Waals surface area contributed by atoms with Gasteiger partial charge in [-0.3, -0.25) is 0 Å². The van der Waals surface area contributed by atoms with Crippen LogP contribution < -0.4 is 0 Å². The predicted molar refractivity (Wildman–Crippen MR) is 9.13 cm³/mol. The molecule has 0 aliphatic rings. The van der Waals surface area contributed by atoms with Gasteiger partial charge in [-0.15, -0.1) is 4.39 Å². The van der Waals surface area contributed by atoms with Gasteiger partial charge in [0.1, 0.15) is 0 Å². The first kappa shape index (κ1) is 8.94. The summed E-state index contributed by atoms with van der Waals surface area (Å²) < 4.78 is 9.92. The first-order chi connectivity index (χ1) is 1.73. The monoisotopic (exact) mass is 171 g/mol. The Bertz CT molecular complexity index is 32.6. The van der Waals surface area contributed by atoms with Gasteiger partial charge in [-0.05, 0) is 0 Å². The number of rotatable bonds is 0. The zero-order valence-electron chi connectivity index (χ0n) is 2.03. The molecule has 0 heterocycles. The summed E-state index contributed by atoms with van der Waals surface area (Å²) in [6.07, 6.45) is -2.33. The Morgan fingerprint density at radius 1 is 1.80 bits per heavy atom. The normalized spacial score (nSPS) is 5.00. The van der Waals surface area contributed by atoms with Crippen LogP contribution in [0.2, 0.25) is 0 Å². The Hall–Kier alpha value is 0.140. The molecule has 0 bridgehead atoms. The third kappa shape index (κ3) is 964. The van der Waals surface area contributed by atoms with Gasteiger partial charge in [0.25, 0.3) is 0 Å². The van der Waals surface area contributed by atoms with Crippen molar-refractivity contribution in [3.63, 3.8) is 0 Å². The fourth-order valence-corrected chi connectivity index (χ4v) is 0. The molecule has 0 spiro atoms. The molecule has 0 aromatic rings. The Balaban J connectivity index is 0. The predicted octanol–water partition coefficient (Wildman–Crippen LogP) is 0.631. The van der Waals surface area contributed by atoms with Gasteiger partial charge in [0.15, 0.2) is 0 Å². The van der Waals surface area contributed by atoms with Gasteiger partial charge in [-0.25, -0.2) is 4.79 Å². The van der Waals surface area contributed by atoms with Gasteiger partial charge in [-0.2, -0.15) is 0 Å². The summed E-state index contributed by atoms with van der Waals surface area (Å²) in [7, 11) is 0. The topological polar surface area (TPSA) is 37.3 Å². The van der Waals surface area contributed by atoms with E-state index in [2.05, 4.69) is 0 Å². The van der Waals surface area contributed by atoms with Gasteiger partial charge in [0, 0.05) is 22.4 Å². The van der Waals surface area contributed by atoms with E-state index in [-0.39, 0.29) is 22.4 Å². The summed E-state index contributed by atoms with van der Waals surface area (Å²) >= 11 is 0. The van der Waals surface area contributed by atoms with E-state index in [1.165, 1.54) is 0 Å². The molecule has 5 heavy (non-hydrogen) atoms. The number of hydrogen-bond acceptors (Lipinski definition) is 1. The van der Waals surface area contributed by atoms with Gasteiger partial charge >= 0.3 is 6.22 Å². The molecule has 35 valence electrons. The van der Waals surface area contributed by atoms with E-state index in [0.29, 0.717) is 0 Å². The van der Waals surface area contributed by atoms with E-state index in [0.717, 1.165) is 0 Å². The van der Waals surface area contributed by atoms with Crippen LogP contribution in [0.15, 0.2) is 0 Å². The molecular weight excluding hydrogens is 171 g/mol. The van der Waals surface area contributed by atoms with Crippen LogP contribution in [0.25, 0.3) is 0 Å². The summed E-state index contributed by atoms with van der Waals surface area (Å²) in [5.74, 6) is 0. The molecule has 0 rings (SSSR count). The summed E-state index contributed by atoms with van der Waals surface area (Å²) in [4.78, 5) is 8.33. The summed E-state index contributed by atoms with van der Waals surface area (Å²) in [6.45, 7) is 0. The molecule has 0 saturated heterocycles. The summed E-state index contributed by atoms with van der Waals surface area (Å²) in [5.41, 5.74) is 0. The minimum Gasteiger partial charge on any atom is -0.456 e. The zero-order valence-corrected chi connectivity index (χ0v) is 3.52. The van der Waals surface area contributed by atoms with Crippen LogP contribution in [-0.4, -0.2) is 11.3 Å². The van der Waals surface area contributed by atoms with Crippen molar-refractivity contribution in [1.82, 2.24) is 0 Å². The molecule has 0 saturated carbocycles. The average molecular weight is 172 g/mol. The average Bonchev–Trinajstić information content (AvgIpc) is 0.811. The molecule has 0 unspecified atom stereocenters. The van der Waals surface area contributed by atoms with Crippen molar-refractivity contribution in [2.75, 3.05) is 0 Å². The number of carbonyl (C=O) groups is 1. The maximum atomic E-state index is 9.92. The zero-order chi connectivity index (χ0) is 3.58. The quantitative estimate of drug-likeness (QED) is 0.429. The van der Waals surface area contributed by atoms with Crippen LogP contribution in [0.5, 0.6) is 0 Å². The summed E-state index contributed by atoms with van der Waals surface area (Å²) in [6, 6.07) is 0. The first-order valence-corrected chi connectivity index (χ1v) is 0.617. The Morgan fingerprint density at radius 3 is 1.80 bits per heavy atom. The third-order valence-corrected chi connectivity index (χ3v) is 0. The maximum Gasteiger partial charge on any atom is 0.492 e. The van der Waals surface area contributed by atoms with Gasteiger partial charge < -0.3 is 5.11 Å². The number of halogens is 1. The van der Waals surface area contributed by atoms with Gasteiger partial charge in [0.05, 0.1) is 0 Å². The van der Waals surface area contributed by atoms with E-state index >= 15 is 0 Å². The van der Waals surface area contributed by atoms with Crippen LogP contribution in [0, 0.1) is 0 Å². The minimum absolute atomic E-state index is 0. The van der Waals surface area contributed by atoms with Gasteiger partial charge in [0.2, 0.25) is 0 Å². The molecule has 4 heteroatoms. The van der Waals surface area contributed by atoms with E-state index in [1.54, 1.807) is 0 Å². The SMILES string of the molecule is O=C(O)F.[Ag]. The van der Waals surface area contributed by atoms with Crippen LogP contribution in [0.4, 0.5) is 9.18 Å². The van der Waals surface area contributed by atoms with Crippen molar-refractivity contribution in [3.8, 4) is 0 Å². The van der Waals surface area contributed by atoms with Gasteiger partial charge in [-0.1, -0.05) is 0 Å². The van der Waals surface area contributed by atoms with E-state index < -0.39 is 6.22 Å². The molecule has 1 N–H and O–H groups in total. The van der Waals surface area contributed by atoms with Crippen LogP contribution in [0.3, 0.4) is 0 Å². The van der Waals surface area contributed by atoms with Crippen LogP contribution in [-0.2, 0) is 22.4 Å². The smallest absolute Gasteiger partial charge is 0.456 e. The van der Waals surface area contributed by atoms with Crippen molar-refractivity contribution in [1.29, 1.82) is 0 Å². The van der Waals surface area contributed by atoms with Crippen molar-refractivity contribution in [2.24, 2.45) is 0 Å². The van der Waals surface area contributed by atoms with Crippen molar-refractivity contribution >= 4 is 6.22 Å². The van der Waals surface area contributed by atoms with Crippen molar-refractivity contribution in [3.05, 3.63) is 0 Å². The largest absolute Gasteiger partial charge is 0.492 e. The number of carboxylic acid groups (broad SMARTS) is 1. The molecular formula is CHAgFO2. The molecule has 0 amide bonds. The second-order valence-electron chi connectivity index (χ2n) is 0.253. The maximum absolute atomic E-state index is 9.92. The molecule has 0 aliphatic heterocycles. The molecule has 0 aromatic carbocycles. The van der Waals surface area contributed by atoms with Crippen LogP contribution >= 0.6 is 0 Å². The Kier molecular flexibility index (Phi) is 7.40. The van der Waals surface area contributed by atoms with Crippen LogP contribution in [0.1, 0.15) is 0 Å². The number of hydrogen-bond donors (Lipinski definition) is 1. The molecule has 0 aromatic heterocycles. The Morgan fingerprint density at radius 2 is 1.80 bits per heavy atom. The molecule has 0 aliphatic carbocycles. The second kappa shape index (κ2) is 4.14. The molecule has 0 atom stereocenters. The van der Waals surface area contributed by atoms with E-state index in [1.807, 2.05) is 0 Å². The standard InChI is InChI=1S/CHFO2.Ag/c2-1(3)4;/h(H,3,4);. The molecule has 0 fully saturated rings. The minimum atomic E-state index is -2.33. The summed E-state index contributed by atoms with van der Waals surface area (Å²) in [5, 5.41) is 6.75. The van der Waals surface area contributed by atoms with E-state index in [4.69, 9.17) is 9.90 Å². The second-order valence-corrected chi connectivity index (χ2v) is 0.253. The molecule has 2 nitrogen and oxygen atoms in total. The molecule has 1 radical (unpaired) electrons. The van der Waals surface area contributed by atoms with Crippen molar-refractivity contribution in [2.45, 2.75) is 0 Å². The fraction of sp³-hybridized carbons (Fsp3) is 0. The van der Waals surface area contributed by atoms with E-state index in [9.17, 15) is 4.39 Å².